The first-order chi connectivity index (χ1) is 10.7. The zero-order valence-corrected chi connectivity index (χ0v) is 14.8. The molecule has 0 saturated carbocycles. The molecule has 1 heterocycles. The Kier molecular flexibility index (Phi) is 5.20. The molecule has 0 aliphatic carbocycles. The number of ether oxygens (including phenoxy) is 3. The van der Waals surface area contributed by atoms with Crippen molar-refractivity contribution in [2.75, 3.05) is 34.4 Å². The molecule has 1 aromatic carbocycles. The van der Waals surface area contributed by atoms with E-state index in [9.17, 15) is 8.42 Å². The zero-order valence-electron chi connectivity index (χ0n) is 14.0. The van der Waals surface area contributed by atoms with Crippen molar-refractivity contribution in [3.05, 3.63) is 23.8 Å². The van der Waals surface area contributed by atoms with Crippen LogP contribution in [-0.4, -0.2) is 53.4 Å². The normalized spacial score (nSPS) is 19.5. The van der Waals surface area contributed by atoms with E-state index >= 15 is 0 Å². The van der Waals surface area contributed by atoms with Crippen molar-refractivity contribution < 1.29 is 26.8 Å². The molecule has 0 saturated heterocycles. The second-order valence-electron chi connectivity index (χ2n) is 6.02. The highest BCUT2D eigenvalue weighted by atomic mass is 32.2. The molecule has 7 nitrogen and oxygen atoms in total. The van der Waals surface area contributed by atoms with Crippen LogP contribution in [0.1, 0.15) is 19.4 Å². The van der Waals surface area contributed by atoms with E-state index in [2.05, 4.69) is 0 Å². The second kappa shape index (κ2) is 6.64. The summed E-state index contributed by atoms with van der Waals surface area (Å²) >= 11 is 0. The van der Waals surface area contributed by atoms with Crippen LogP contribution < -0.4 is 8.92 Å². The first-order valence-corrected chi connectivity index (χ1v) is 8.58. The Morgan fingerprint density at radius 3 is 2.57 bits per heavy atom. The molecule has 1 unspecified atom stereocenters. The van der Waals surface area contributed by atoms with Gasteiger partial charge >= 0.3 is 10.3 Å². The summed E-state index contributed by atoms with van der Waals surface area (Å²) in [5, 5.41) is 0. The van der Waals surface area contributed by atoms with Gasteiger partial charge in [-0.25, -0.2) is 0 Å². The van der Waals surface area contributed by atoms with Crippen molar-refractivity contribution >= 4 is 10.3 Å². The van der Waals surface area contributed by atoms with Crippen molar-refractivity contribution in [2.24, 2.45) is 0 Å². The highest BCUT2D eigenvalue weighted by Gasteiger charge is 2.43. The Labute approximate surface area is 137 Å². The highest BCUT2D eigenvalue weighted by molar-refractivity contribution is 7.84. The Morgan fingerprint density at radius 2 is 1.96 bits per heavy atom. The molecule has 0 spiro atoms. The molecule has 2 rings (SSSR count). The molecule has 0 radical (unpaired) electrons. The van der Waals surface area contributed by atoms with Gasteiger partial charge < -0.3 is 18.4 Å². The summed E-state index contributed by atoms with van der Waals surface area (Å²) in [4.78, 5) is 0. The molecule has 0 bridgehead atoms. The van der Waals surface area contributed by atoms with Crippen LogP contribution in [0, 0.1) is 0 Å². The number of hydrogen-bond acceptors (Lipinski definition) is 6. The van der Waals surface area contributed by atoms with Crippen molar-refractivity contribution in [1.82, 2.24) is 4.31 Å². The third-order valence-electron chi connectivity index (χ3n) is 3.67. The first kappa shape index (κ1) is 18.0. The zero-order chi connectivity index (χ0) is 17.3. The van der Waals surface area contributed by atoms with Gasteiger partial charge in [0.2, 0.25) is 6.29 Å². The van der Waals surface area contributed by atoms with Crippen LogP contribution in [0.4, 0.5) is 0 Å². The fourth-order valence-electron chi connectivity index (χ4n) is 2.23. The lowest BCUT2D eigenvalue weighted by molar-refractivity contribution is -0.112. The van der Waals surface area contributed by atoms with Gasteiger partial charge in [-0.15, -0.1) is 0 Å². The minimum atomic E-state index is -3.79. The number of fused-ring (bicyclic) bond motifs is 1. The molecule has 1 aromatic rings. The molecule has 0 amide bonds. The van der Waals surface area contributed by atoms with Crippen molar-refractivity contribution in [3.8, 4) is 11.5 Å². The van der Waals surface area contributed by atoms with E-state index in [1.54, 1.807) is 25.3 Å². The van der Waals surface area contributed by atoms with E-state index in [4.69, 9.17) is 18.4 Å². The molecule has 1 atom stereocenters. The predicted molar refractivity (Wildman–Crippen MR) is 84.9 cm³/mol. The molecule has 130 valence electrons. The maximum atomic E-state index is 11.8. The van der Waals surface area contributed by atoms with Crippen molar-refractivity contribution in [1.29, 1.82) is 0 Å². The fraction of sp³-hybridized carbons (Fsp3) is 0.600. The minimum Gasteiger partial charge on any atom is -0.464 e. The lowest BCUT2D eigenvalue weighted by Crippen LogP contribution is -2.35. The number of rotatable bonds is 7. The Bertz CT molecular complexity index is 656. The van der Waals surface area contributed by atoms with Gasteiger partial charge in [-0.2, -0.15) is 12.7 Å². The Hall–Kier alpha value is -1.35. The van der Waals surface area contributed by atoms with Gasteiger partial charge in [0, 0.05) is 26.8 Å². The van der Waals surface area contributed by atoms with Crippen molar-refractivity contribution in [2.45, 2.75) is 25.6 Å². The number of hydrogen-bond donors (Lipinski definition) is 0. The largest absolute Gasteiger partial charge is 0.464 e. The molecule has 0 N–H and O–H groups in total. The summed E-state index contributed by atoms with van der Waals surface area (Å²) in [7, 11) is 0.637. The molecule has 1 aliphatic rings. The van der Waals surface area contributed by atoms with E-state index in [1.807, 2.05) is 13.8 Å². The number of methoxy groups -OCH3 is 1. The fourth-order valence-corrected chi connectivity index (χ4v) is 2.73. The first-order valence-electron chi connectivity index (χ1n) is 7.22. The van der Waals surface area contributed by atoms with E-state index in [-0.39, 0.29) is 5.75 Å². The van der Waals surface area contributed by atoms with Gasteiger partial charge in [0.05, 0.1) is 18.6 Å². The van der Waals surface area contributed by atoms with Gasteiger partial charge in [-0.05, 0) is 32.0 Å². The molecular weight excluding hydrogens is 322 g/mol. The van der Waals surface area contributed by atoms with Crippen LogP contribution in [-0.2, 0) is 25.2 Å². The minimum absolute atomic E-state index is 0.242. The second-order valence-corrected chi connectivity index (χ2v) is 7.77. The summed E-state index contributed by atoms with van der Waals surface area (Å²) in [5.74, 6) is 0.902. The van der Waals surface area contributed by atoms with E-state index < -0.39 is 22.0 Å². The van der Waals surface area contributed by atoms with Crippen LogP contribution >= 0.6 is 0 Å². The van der Waals surface area contributed by atoms with Crippen LogP contribution in [0.5, 0.6) is 11.5 Å². The number of nitrogens with zero attached hydrogens (tertiary/aromatic N) is 1. The smallest absolute Gasteiger partial charge is 0.384 e. The van der Waals surface area contributed by atoms with Crippen LogP contribution in [0.2, 0.25) is 0 Å². The standard InChI is InChI=1S/C15H23NO6S/c1-15(2)12-10-11(22-23(17,18)16(3)4)6-7-13(12)21-14(15)20-9-8-19-5/h6-7,10,14H,8-9H2,1-5H3. The summed E-state index contributed by atoms with van der Waals surface area (Å²) in [6.45, 7) is 4.83. The lowest BCUT2D eigenvalue weighted by Gasteiger charge is -2.25. The van der Waals surface area contributed by atoms with Gasteiger partial charge in [0.15, 0.2) is 0 Å². The number of benzene rings is 1. The van der Waals surface area contributed by atoms with Gasteiger partial charge in [-0.1, -0.05) is 0 Å². The van der Waals surface area contributed by atoms with Gasteiger partial charge in [0.1, 0.15) is 11.5 Å². The average Bonchev–Trinajstić information content (AvgIpc) is 2.70. The summed E-state index contributed by atoms with van der Waals surface area (Å²) in [6, 6.07) is 4.93. The Morgan fingerprint density at radius 1 is 1.26 bits per heavy atom. The third kappa shape index (κ3) is 3.77. The molecule has 23 heavy (non-hydrogen) atoms. The maximum absolute atomic E-state index is 11.8. The molecular formula is C15H23NO6S. The highest BCUT2D eigenvalue weighted by Crippen LogP contribution is 2.44. The van der Waals surface area contributed by atoms with E-state index in [1.165, 1.54) is 14.1 Å². The molecule has 0 fully saturated rings. The Balaban J connectivity index is 2.21. The maximum Gasteiger partial charge on any atom is 0.384 e. The van der Waals surface area contributed by atoms with Gasteiger partial charge in [0.25, 0.3) is 0 Å². The van der Waals surface area contributed by atoms with E-state index in [0.717, 1.165) is 9.87 Å². The van der Waals surface area contributed by atoms with Crippen LogP contribution in [0.3, 0.4) is 0 Å². The summed E-state index contributed by atoms with van der Waals surface area (Å²) < 4.78 is 46.3. The van der Waals surface area contributed by atoms with Crippen LogP contribution in [0.15, 0.2) is 18.2 Å². The SMILES string of the molecule is COCCOC1Oc2ccc(OS(=O)(=O)N(C)C)cc2C1(C)C. The quantitative estimate of drug-likeness (QED) is 0.698. The van der Waals surface area contributed by atoms with Crippen molar-refractivity contribution in [3.63, 3.8) is 0 Å². The van der Waals surface area contributed by atoms with Crippen LogP contribution in [0.25, 0.3) is 0 Å². The topological polar surface area (TPSA) is 74.3 Å². The monoisotopic (exact) mass is 345 g/mol. The lowest BCUT2D eigenvalue weighted by atomic mass is 9.85. The van der Waals surface area contributed by atoms with Gasteiger partial charge in [-0.3, -0.25) is 0 Å². The molecule has 8 heteroatoms. The molecule has 0 aromatic heterocycles. The average molecular weight is 345 g/mol. The summed E-state index contributed by atoms with van der Waals surface area (Å²) in [5.41, 5.74) is 0.399. The summed E-state index contributed by atoms with van der Waals surface area (Å²) in [6.07, 6.45) is -0.464. The van der Waals surface area contributed by atoms with E-state index in [0.29, 0.717) is 19.0 Å². The predicted octanol–water partition coefficient (Wildman–Crippen LogP) is 1.53. The molecule has 1 aliphatic heterocycles. The third-order valence-corrected chi connectivity index (χ3v) is 4.97.